The number of nitrogens with one attached hydrogen (secondary N) is 2. The number of aryl methyl sites for hydroxylation is 1. The second-order valence-corrected chi connectivity index (χ2v) is 10.1. The van der Waals surface area contributed by atoms with Gasteiger partial charge in [-0.25, -0.2) is 8.42 Å². The number of carbonyl (C=O) groups excluding carboxylic acids is 2. The summed E-state index contributed by atoms with van der Waals surface area (Å²) in [5, 5.41) is 5.51. The number of carbonyl (C=O) groups is 2. The van der Waals surface area contributed by atoms with E-state index in [1.165, 1.54) is 22.5 Å². The highest BCUT2D eigenvalue weighted by molar-refractivity contribution is 8.00. The van der Waals surface area contributed by atoms with Crippen molar-refractivity contribution in [1.29, 1.82) is 0 Å². The highest BCUT2D eigenvalue weighted by Gasteiger charge is 2.23. The number of nitrogens with zero attached hydrogens (tertiary/aromatic N) is 1. The fourth-order valence-corrected chi connectivity index (χ4v) is 5.21. The Morgan fingerprint density at radius 2 is 1.64 bits per heavy atom. The Labute approximate surface area is 200 Å². The van der Waals surface area contributed by atoms with Crippen LogP contribution in [0.2, 0.25) is 0 Å². The predicted molar refractivity (Wildman–Crippen MR) is 133 cm³/mol. The topological polar surface area (TPSA) is 105 Å². The van der Waals surface area contributed by atoms with Gasteiger partial charge in [0.15, 0.2) is 0 Å². The molecule has 2 N–H and O–H groups in total. The van der Waals surface area contributed by atoms with Gasteiger partial charge >= 0.3 is 0 Å². The zero-order valence-corrected chi connectivity index (χ0v) is 21.0. The van der Waals surface area contributed by atoms with Crippen LogP contribution >= 0.6 is 11.8 Å². The molecular weight excluding hydrogens is 462 g/mol. The van der Waals surface area contributed by atoms with Gasteiger partial charge in [0, 0.05) is 18.8 Å². The maximum absolute atomic E-state index is 12.8. The molecule has 10 heteroatoms. The van der Waals surface area contributed by atoms with Crippen molar-refractivity contribution in [2.45, 2.75) is 32.6 Å². The van der Waals surface area contributed by atoms with E-state index in [0.717, 1.165) is 17.3 Å². The van der Waals surface area contributed by atoms with E-state index >= 15 is 0 Å². The minimum Gasteiger partial charge on any atom is -0.492 e. The Morgan fingerprint density at radius 1 is 0.970 bits per heavy atom. The summed E-state index contributed by atoms with van der Waals surface area (Å²) in [5.74, 6) is -0.0514. The Hall–Kier alpha value is -2.56. The average molecular weight is 494 g/mol. The third kappa shape index (κ3) is 7.76. The van der Waals surface area contributed by atoms with Gasteiger partial charge < -0.3 is 15.4 Å². The highest BCUT2D eigenvalue weighted by atomic mass is 32.2. The molecule has 0 saturated heterocycles. The van der Waals surface area contributed by atoms with Gasteiger partial charge in [0.25, 0.3) is 0 Å². The lowest BCUT2D eigenvalue weighted by atomic mass is 10.2. The summed E-state index contributed by atoms with van der Waals surface area (Å²) in [6.07, 6.45) is 0. The predicted octanol–water partition coefficient (Wildman–Crippen LogP) is 3.73. The number of thioether (sulfide) groups is 1. The third-order valence-corrected chi connectivity index (χ3v) is 7.61. The summed E-state index contributed by atoms with van der Waals surface area (Å²) in [4.78, 5) is 24.7. The summed E-state index contributed by atoms with van der Waals surface area (Å²) in [5.41, 5.74) is 2.02. The van der Waals surface area contributed by atoms with Crippen LogP contribution in [-0.4, -0.2) is 55.7 Å². The Kier molecular flexibility index (Phi) is 10.2. The average Bonchev–Trinajstić information content (AvgIpc) is 2.75. The largest absolute Gasteiger partial charge is 0.492 e. The number of sulfonamides is 1. The second-order valence-electron chi connectivity index (χ2n) is 7.14. The number of rotatable bonds is 12. The number of hydrogen-bond acceptors (Lipinski definition) is 6. The Balaban J connectivity index is 2.02. The smallest absolute Gasteiger partial charge is 0.243 e. The number of ether oxygens (including phenoxy) is 1. The van der Waals surface area contributed by atoms with Crippen molar-refractivity contribution in [3.05, 3.63) is 48.0 Å². The lowest BCUT2D eigenvalue weighted by Gasteiger charge is -2.20. The first-order valence-electron chi connectivity index (χ1n) is 10.7. The van der Waals surface area contributed by atoms with Crippen LogP contribution in [0.5, 0.6) is 5.75 Å². The standard InChI is InChI=1S/C23H31N3O5S2/c1-5-26(6-2)33(29,30)19-11-12-21(31-7-3)20(14-19)25-23(28)16-32-15-22(27)24-18-10-8-9-17(4)13-18/h8-14H,5-7,15-16H2,1-4H3,(H,24,27)(H,25,28). The van der Waals surface area contributed by atoms with Gasteiger partial charge in [0.1, 0.15) is 5.75 Å². The first-order chi connectivity index (χ1) is 15.7. The molecule has 2 aromatic rings. The maximum atomic E-state index is 12.8. The molecular formula is C23H31N3O5S2. The van der Waals surface area contributed by atoms with Crippen molar-refractivity contribution in [2.24, 2.45) is 0 Å². The number of amides is 2. The lowest BCUT2D eigenvalue weighted by Crippen LogP contribution is -2.30. The molecule has 0 aliphatic rings. The van der Waals surface area contributed by atoms with E-state index in [9.17, 15) is 18.0 Å². The summed E-state index contributed by atoms with van der Waals surface area (Å²) in [6.45, 7) is 8.32. The van der Waals surface area contributed by atoms with Gasteiger partial charge in [-0.2, -0.15) is 4.31 Å². The van der Waals surface area contributed by atoms with Gasteiger partial charge in [-0.05, 0) is 49.7 Å². The molecule has 0 aromatic heterocycles. The molecule has 2 amide bonds. The first kappa shape index (κ1) is 26.7. The summed E-state index contributed by atoms with van der Waals surface area (Å²) in [6, 6.07) is 11.9. The second kappa shape index (κ2) is 12.6. The molecule has 180 valence electrons. The molecule has 0 aliphatic carbocycles. The van der Waals surface area contributed by atoms with Crippen molar-refractivity contribution < 1.29 is 22.7 Å². The zero-order chi connectivity index (χ0) is 24.4. The Morgan fingerprint density at radius 3 is 2.24 bits per heavy atom. The van der Waals surface area contributed by atoms with Crippen molar-refractivity contribution >= 4 is 45.0 Å². The fourth-order valence-electron chi connectivity index (χ4n) is 3.10. The summed E-state index contributed by atoms with van der Waals surface area (Å²) >= 11 is 1.16. The minimum atomic E-state index is -3.68. The monoisotopic (exact) mass is 493 g/mol. The van der Waals surface area contributed by atoms with Crippen LogP contribution in [0.1, 0.15) is 26.3 Å². The molecule has 0 unspecified atom stereocenters. The molecule has 0 heterocycles. The van der Waals surface area contributed by atoms with Crippen LogP contribution in [0.15, 0.2) is 47.4 Å². The van der Waals surface area contributed by atoms with Gasteiger partial charge in [-0.15, -0.1) is 11.8 Å². The van der Waals surface area contributed by atoms with Crippen molar-refractivity contribution in [1.82, 2.24) is 4.31 Å². The molecule has 2 aromatic carbocycles. The van der Waals surface area contributed by atoms with Crippen LogP contribution in [0.3, 0.4) is 0 Å². The number of hydrogen-bond donors (Lipinski definition) is 2. The van der Waals surface area contributed by atoms with E-state index in [4.69, 9.17) is 4.74 Å². The quantitative estimate of drug-likeness (QED) is 0.467. The van der Waals surface area contributed by atoms with Crippen LogP contribution < -0.4 is 15.4 Å². The maximum Gasteiger partial charge on any atom is 0.243 e. The molecule has 0 aliphatic heterocycles. The van der Waals surface area contributed by atoms with Crippen molar-refractivity contribution in [3.63, 3.8) is 0 Å². The van der Waals surface area contributed by atoms with Crippen molar-refractivity contribution in [2.75, 3.05) is 41.8 Å². The van der Waals surface area contributed by atoms with E-state index in [0.29, 0.717) is 31.1 Å². The highest BCUT2D eigenvalue weighted by Crippen LogP contribution is 2.29. The van der Waals surface area contributed by atoms with E-state index < -0.39 is 10.0 Å². The van der Waals surface area contributed by atoms with Gasteiger partial charge in [-0.3, -0.25) is 9.59 Å². The van der Waals surface area contributed by atoms with Crippen LogP contribution in [0, 0.1) is 6.92 Å². The van der Waals surface area contributed by atoms with Crippen LogP contribution in [-0.2, 0) is 19.6 Å². The molecule has 0 fully saturated rings. The third-order valence-electron chi connectivity index (χ3n) is 4.64. The lowest BCUT2D eigenvalue weighted by molar-refractivity contribution is -0.114. The van der Waals surface area contributed by atoms with Gasteiger partial charge in [-0.1, -0.05) is 26.0 Å². The normalized spacial score (nSPS) is 11.3. The molecule has 8 nitrogen and oxygen atoms in total. The fraction of sp³-hybridized carbons (Fsp3) is 0.391. The summed E-state index contributed by atoms with van der Waals surface area (Å²) < 4.78 is 32.6. The molecule has 0 bridgehead atoms. The number of anilines is 2. The molecule has 0 saturated carbocycles. The zero-order valence-electron chi connectivity index (χ0n) is 19.4. The minimum absolute atomic E-state index is 0.0276. The first-order valence-corrected chi connectivity index (χ1v) is 13.3. The molecule has 0 radical (unpaired) electrons. The molecule has 2 rings (SSSR count). The van der Waals surface area contributed by atoms with Crippen molar-refractivity contribution in [3.8, 4) is 5.75 Å². The van der Waals surface area contributed by atoms with Crippen LogP contribution in [0.25, 0.3) is 0 Å². The van der Waals surface area contributed by atoms with E-state index in [1.54, 1.807) is 26.8 Å². The van der Waals surface area contributed by atoms with E-state index in [2.05, 4.69) is 10.6 Å². The number of benzene rings is 2. The molecule has 0 spiro atoms. The summed E-state index contributed by atoms with van der Waals surface area (Å²) in [7, 11) is -3.68. The van der Waals surface area contributed by atoms with Crippen LogP contribution in [0.4, 0.5) is 11.4 Å². The molecule has 33 heavy (non-hydrogen) atoms. The Bertz CT molecular complexity index is 1070. The van der Waals surface area contributed by atoms with Gasteiger partial charge in [0.05, 0.1) is 28.7 Å². The van der Waals surface area contributed by atoms with Gasteiger partial charge in [0.2, 0.25) is 21.8 Å². The van der Waals surface area contributed by atoms with E-state index in [-0.39, 0.29) is 33.9 Å². The molecule has 0 atom stereocenters. The SMILES string of the molecule is CCOc1ccc(S(=O)(=O)N(CC)CC)cc1NC(=O)CSCC(=O)Nc1cccc(C)c1. The van der Waals surface area contributed by atoms with E-state index in [1.807, 2.05) is 25.1 Å².